The molecule has 0 N–H and O–H groups in total. The quantitative estimate of drug-likeness (QED) is 0.725. The van der Waals surface area contributed by atoms with Gasteiger partial charge in [0.05, 0.1) is 32.6 Å². The molecule has 0 saturated carbocycles. The molecule has 0 heterocycles. The fraction of sp³-hybridized carbons (Fsp3) is 0.222. The number of benzene rings is 2. The smallest absolute Gasteiger partial charge is 0.175 e. The van der Waals surface area contributed by atoms with Crippen molar-refractivity contribution in [1.82, 2.24) is 0 Å². The summed E-state index contributed by atoms with van der Waals surface area (Å²) in [6, 6.07) is 10.0. The predicted molar refractivity (Wildman–Crippen MR) is 99.2 cm³/mol. The monoisotopic (exact) mass is 382 g/mol. The van der Waals surface area contributed by atoms with Crippen molar-refractivity contribution in [2.45, 2.75) is 5.75 Å². The summed E-state index contributed by atoms with van der Waals surface area (Å²) in [7, 11) is 1.04. The molecule has 0 bridgehead atoms. The summed E-state index contributed by atoms with van der Waals surface area (Å²) in [6.07, 6.45) is 1.46. The summed E-state index contributed by atoms with van der Waals surface area (Å²) in [5.41, 5.74) is 1.17. The van der Waals surface area contributed by atoms with E-state index >= 15 is 0 Å². The minimum absolute atomic E-state index is 0.124. The molecule has 0 spiro atoms. The SMILES string of the molecule is COc1cc(OC)c(/C=C/S(=O)(=O)Cc2ccc(Cl)cc2)c(OC)c1. The fourth-order valence-corrected chi connectivity index (χ4v) is 3.45. The zero-order chi connectivity index (χ0) is 18.4. The summed E-state index contributed by atoms with van der Waals surface area (Å²) in [5, 5.41) is 1.71. The predicted octanol–water partition coefficient (Wildman–Crippen LogP) is 3.95. The highest BCUT2D eigenvalue weighted by molar-refractivity contribution is 7.93. The first-order chi connectivity index (χ1) is 11.9. The first kappa shape index (κ1) is 19.1. The zero-order valence-corrected chi connectivity index (χ0v) is 15.7. The van der Waals surface area contributed by atoms with Crippen molar-refractivity contribution < 1.29 is 22.6 Å². The van der Waals surface area contributed by atoms with Gasteiger partial charge in [-0.3, -0.25) is 0 Å². The Morgan fingerprint density at radius 3 is 2.00 bits per heavy atom. The summed E-state index contributed by atoms with van der Waals surface area (Å²) in [4.78, 5) is 0. The van der Waals surface area contributed by atoms with Gasteiger partial charge in [0.25, 0.3) is 0 Å². The minimum Gasteiger partial charge on any atom is -0.496 e. The Labute approximate surface area is 152 Å². The summed E-state index contributed by atoms with van der Waals surface area (Å²) in [5.74, 6) is 1.33. The molecule has 0 aliphatic carbocycles. The molecule has 2 aromatic carbocycles. The average molecular weight is 383 g/mol. The first-order valence-electron chi connectivity index (χ1n) is 7.34. The van der Waals surface area contributed by atoms with Crippen molar-refractivity contribution in [3.63, 3.8) is 0 Å². The Morgan fingerprint density at radius 2 is 1.52 bits per heavy atom. The van der Waals surface area contributed by atoms with Crippen LogP contribution in [-0.2, 0) is 15.6 Å². The molecule has 7 heteroatoms. The Morgan fingerprint density at radius 1 is 0.960 bits per heavy atom. The Kier molecular flexibility index (Phi) is 6.33. The van der Waals surface area contributed by atoms with E-state index in [9.17, 15) is 8.42 Å². The average Bonchev–Trinajstić information content (AvgIpc) is 2.61. The van der Waals surface area contributed by atoms with Gasteiger partial charge in [-0.1, -0.05) is 23.7 Å². The molecule has 0 unspecified atom stereocenters. The number of ether oxygens (including phenoxy) is 3. The molecular weight excluding hydrogens is 364 g/mol. The molecule has 0 aliphatic rings. The van der Waals surface area contributed by atoms with E-state index in [1.54, 1.807) is 36.4 Å². The van der Waals surface area contributed by atoms with Gasteiger partial charge >= 0.3 is 0 Å². The second kappa shape index (κ2) is 8.27. The van der Waals surface area contributed by atoms with E-state index in [2.05, 4.69) is 0 Å². The van der Waals surface area contributed by atoms with Gasteiger partial charge in [-0.25, -0.2) is 8.42 Å². The third kappa shape index (κ3) is 5.14. The highest BCUT2D eigenvalue weighted by atomic mass is 35.5. The number of halogens is 1. The van der Waals surface area contributed by atoms with Crippen LogP contribution < -0.4 is 14.2 Å². The minimum atomic E-state index is -3.48. The maximum absolute atomic E-state index is 12.4. The van der Waals surface area contributed by atoms with E-state index < -0.39 is 9.84 Å². The van der Waals surface area contributed by atoms with Crippen LogP contribution in [-0.4, -0.2) is 29.7 Å². The third-order valence-corrected chi connectivity index (χ3v) is 5.01. The standard InChI is InChI=1S/C18H19ClO5S/c1-22-15-10-17(23-2)16(18(11-15)24-3)8-9-25(20,21)12-13-4-6-14(19)7-5-13/h4-11H,12H2,1-3H3/b9-8+. The van der Waals surface area contributed by atoms with Crippen molar-refractivity contribution in [3.8, 4) is 17.2 Å². The molecule has 0 aromatic heterocycles. The third-order valence-electron chi connectivity index (χ3n) is 3.48. The number of hydrogen-bond acceptors (Lipinski definition) is 5. The second-order valence-corrected chi connectivity index (χ2v) is 7.51. The summed E-state index contributed by atoms with van der Waals surface area (Å²) in [6.45, 7) is 0. The van der Waals surface area contributed by atoms with E-state index in [0.717, 1.165) is 5.41 Å². The molecule has 0 amide bonds. The molecule has 0 radical (unpaired) electrons. The van der Waals surface area contributed by atoms with E-state index in [-0.39, 0.29) is 5.75 Å². The molecule has 2 aromatic rings. The normalized spacial score (nSPS) is 11.5. The van der Waals surface area contributed by atoms with Crippen LogP contribution >= 0.6 is 11.6 Å². The molecule has 0 fully saturated rings. The van der Waals surface area contributed by atoms with E-state index in [1.807, 2.05) is 0 Å². The van der Waals surface area contributed by atoms with Gasteiger partial charge in [-0.15, -0.1) is 0 Å². The Bertz CT molecular complexity index is 833. The fourth-order valence-electron chi connectivity index (χ4n) is 2.23. The molecule has 134 valence electrons. The van der Waals surface area contributed by atoms with Crippen molar-refractivity contribution in [3.05, 3.63) is 58.0 Å². The largest absolute Gasteiger partial charge is 0.496 e. The maximum atomic E-state index is 12.4. The lowest BCUT2D eigenvalue weighted by atomic mass is 10.1. The molecular formula is C18H19ClO5S. The van der Waals surface area contributed by atoms with Gasteiger partial charge < -0.3 is 14.2 Å². The lowest BCUT2D eigenvalue weighted by Gasteiger charge is -2.12. The Balaban J connectivity index is 2.32. The summed E-state index contributed by atoms with van der Waals surface area (Å²) >= 11 is 5.81. The number of rotatable bonds is 7. The zero-order valence-electron chi connectivity index (χ0n) is 14.2. The molecule has 0 aliphatic heterocycles. The highest BCUT2D eigenvalue weighted by Crippen LogP contribution is 2.35. The number of sulfone groups is 1. The van der Waals surface area contributed by atoms with Gasteiger partial charge in [-0.05, 0) is 23.8 Å². The van der Waals surface area contributed by atoms with Crippen LogP contribution in [0.4, 0.5) is 0 Å². The van der Waals surface area contributed by atoms with Crippen LogP contribution in [0, 0.1) is 0 Å². The van der Waals surface area contributed by atoms with Gasteiger partial charge in [0.1, 0.15) is 17.2 Å². The van der Waals surface area contributed by atoms with Gasteiger partial charge in [-0.2, -0.15) is 0 Å². The van der Waals surface area contributed by atoms with Crippen LogP contribution in [0.3, 0.4) is 0 Å². The number of hydrogen-bond donors (Lipinski definition) is 0. The van der Waals surface area contributed by atoms with Crippen LogP contribution in [0.2, 0.25) is 5.02 Å². The maximum Gasteiger partial charge on any atom is 0.175 e. The Hall–Kier alpha value is -2.18. The second-order valence-electron chi connectivity index (χ2n) is 5.18. The lowest BCUT2D eigenvalue weighted by molar-refractivity contribution is 0.374. The summed E-state index contributed by atoms with van der Waals surface area (Å²) < 4.78 is 40.5. The molecule has 5 nitrogen and oxygen atoms in total. The van der Waals surface area contributed by atoms with Crippen molar-refractivity contribution >= 4 is 27.5 Å². The van der Waals surface area contributed by atoms with E-state index in [4.69, 9.17) is 25.8 Å². The molecule has 0 saturated heterocycles. The van der Waals surface area contributed by atoms with Crippen LogP contribution in [0.1, 0.15) is 11.1 Å². The highest BCUT2D eigenvalue weighted by Gasteiger charge is 2.13. The van der Waals surface area contributed by atoms with Crippen LogP contribution in [0.5, 0.6) is 17.2 Å². The van der Waals surface area contributed by atoms with Gasteiger partial charge in [0, 0.05) is 22.6 Å². The van der Waals surface area contributed by atoms with Crippen molar-refractivity contribution in [2.24, 2.45) is 0 Å². The number of methoxy groups -OCH3 is 3. The van der Waals surface area contributed by atoms with Crippen LogP contribution in [0.15, 0.2) is 41.8 Å². The van der Waals surface area contributed by atoms with Gasteiger partial charge in [0.2, 0.25) is 0 Å². The van der Waals surface area contributed by atoms with Gasteiger partial charge in [0.15, 0.2) is 9.84 Å². The first-order valence-corrected chi connectivity index (χ1v) is 9.43. The molecule has 0 atom stereocenters. The lowest BCUT2D eigenvalue weighted by Crippen LogP contribution is -2.00. The topological polar surface area (TPSA) is 61.8 Å². The van der Waals surface area contributed by atoms with Crippen LogP contribution in [0.25, 0.3) is 6.08 Å². The van der Waals surface area contributed by atoms with Crippen molar-refractivity contribution in [2.75, 3.05) is 21.3 Å². The van der Waals surface area contributed by atoms with E-state index in [1.165, 1.54) is 27.4 Å². The van der Waals surface area contributed by atoms with E-state index in [0.29, 0.717) is 33.4 Å². The van der Waals surface area contributed by atoms with Crippen molar-refractivity contribution in [1.29, 1.82) is 0 Å². The molecule has 2 rings (SSSR count). The molecule has 25 heavy (non-hydrogen) atoms.